The molecule has 4 aromatic rings. The van der Waals surface area contributed by atoms with E-state index in [2.05, 4.69) is 20.7 Å². The van der Waals surface area contributed by atoms with Crippen LogP contribution < -0.4 is 14.9 Å². The second kappa shape index (κ2) is 11.9. The third-order valence-electron chi connectivity index (χ3n) is 5.03. The predicted octanol–water partition coefficient (Wildman–Crippen LogP) is 5.50. The van der Waals surface area contributed by atoms with Crippen molar-refractivity contribution in [1.82, 2.24) is 20.2 Å². The van der Waals surface area contributed by atoms with E-state index in [0.29, 0.717) is 26.6 Å². The fraction of sp³-hybridized carbons (Fsp3) is 0.120. The molecule has 0 fully saturated rings. The zero-order valence-corrected chi connectivity index (χ0v) is 21.6. The first-order chi connectivity index (χ1) is 17.5. The van der Waals surface area contributed by atoms with Crippen LogP contribution in [0, 0.1) is 0 Å². The Bertz CT molecular complexity index is 1360. The third kappa shape index (κ3) is 5.99. The lowest BCUT2D eigenvalue weighted by Gasteiger charge is -2.11. The largest absolute Gasteiger partial charge is 0.497 e. The smallest absolute Gasteiger partial charge is 0.250 e. The molecule has 36 heavy (non-hydrogen) atoms. The molecule has 0 bridgehead atoms. The number of hydrazone groups is 1. The van der Waals surface area contributed by atoms with Crippen LogP contribution in [0.1, 0.15) is 5.56 Å². The molecule has 11 heteroatoms. The minimum Gasteiger partial charge on any atom is -0.497 e. The average Bonchev–Trinajstić information content (AvgIpc) is 3.33. The van der Waals surface area contributed by atoms with Crippen molar-refractivity contribution in [1.29, 1.82) is 0 Å². The summed E-state index contributed by atoms with van der Waals surface area (Å²) in [7, 11) is 3.22. The van der Waals surface area contributed by atoms with E-state index in [0.717, 1.165) is 22.7 Å². The molecule has 0 aliphatic rings. The molecule has 0 radical (unpaired) electrons. The molecule has 1 aromatic heterocycles. The van der Waals surface area contributed by atoms with E-state index < -0.39 is 0 Å². The predicted molar refractivity (Wildman–Crippen MR) is 143 cm³/mol. The van der Waals surface area contributed by atoms with Crippen molar-refractivity contribution in [2.75, 3.05) is 20.0 Å². The van der Waals surface area contributed by atoms with Gasteiger partial charge in [0.25, 0.3) is 5.91 Å². The summed E-state index contributed by atoms with van der Waals surface area (Å²) in [6, 6.07) is 20.1. The van der Waals surface area contributed by atoms with Gasteiger partial charge in [-0.2, -0.15) is 5.10 Å². The highest BCUT2D eigenvalue weighted by atomic mass is 35.5. The minimum atomic E-state index is -0.324. The molecule has 4 rings (SSSR count). The quantitative estimate of drug-likeness (QED) is 0.171. The number of amides is 1. The standard InChI is InChI=1S/C25H21Cl2N5O3S/c1-34-18-10-6-16(7-11-18)24-30-31-25(32(24)17-8-12-19(35-2)13-9-17)36-15-23(33)29-28-14-20-21(26)4-3-5-22(20)27/h3-14H,15H2,1-2H3,(H,29,33)/b28-14+. The molecule has 0 aliphatic carbocycles. The van der Waals surface area contributed by atoms with Gasteiger partial charge in [-0.15, -0.1) is 10.2 Å². The number of thioether (sulfide) groups is 1. The van der Waals surface area contributed by atoms with Crippen molar-refractivity contribution >= 4 is 47.1 Å². The van der Waals surface area contributed by atoms with Gasteiger partial charge in [-0.25, -0.2) is 5.43 Å². The molecule has 0 unspecified atom stereocenters. The number of nitrogens with zero attached hydrogens (tertiary/aromatic N) is 4. The summed E-state index contributed by atoms with van der Waals surface area (Å²) < 4.78 is 12.4. The van der Waals surface area contributed by atoms with Crippen LogP contribution in [0.2, 0.25) is 10.0 Å². The summed E-state index contributed by atoms with van der Waals surface area (Å²) in [5, 5.41) is 14.1. The van der Waals surface area contributed by atoms with Crippen LogP contribution in [0.25, 0.3) is 17.1 Å². The first-order valence-corrected chi connectivity index (χ1v) is 12.4. The molecule has 1 amide bonds. The van der Waals surface area contributed by atoms with Gasteiger partial charge in [0.05, 0.1) is 36.2 Å². The molecule has 184 valence electrons. The molecular formula is C25H21Cl2N5O3S. The van der Waals surface area contributed by atoms with Gasteiger partial charge in [-0.3, -0.25) is 9.36 Å². The van der Waals surface area contributed by atoms with Crippen LogP contribution in [0.15, 0.2) is 77.0 Å². The molecule has 8 nitrogen and oxygen atoms in total. The fourth-order valence-corrected chi connectivity index (χ4v) is 4.46. The second-order valence-corrected chi connectivity index (χ2v) is 9.04. The van der Waals surface area contributed by atoms with Crippen molar-refractivity contribution in [3.8, 4) is 28.6 Å². The Balaban J connectivity index is 1.54. The summed E-state index contributed by atoms with van der Waals surface area (Å²) in [6.45, 7) is 0. The van der Waals surface area contributed by atoms with Crippen LogP contribution in [-0.2, 0) is 4.79 Å². The van der Waals surface area contributed by atoms with Gasteiger partial charge < -0.3 is 9.47 Å². The van der Waals surface area contributed by atoms with Crippen LogP contribution in [0.5, 0.6) is 11.5 Å². The van der Waals surface area contributed by atoms with Gasteiger partial charge in [0, 0.05) is 16.8 Å². The number of carbonyl (C=O) groups is 1. The number of halogens is 2. The van der Waals surface area contributed by atoms with E-state index in [9.17, 15) is 4.79 Å². The number of nitrogens with one attached hydrogen (secondary N) is 1. The summed E-state index contributed by atoms with van der Waals surface area (Å²) in [4.78, 5) is 12.5. The zero-order chi connectivity index (χ0) is 25.5. The van der Waals surface area contributed by atoms with Crippen molar-refractivity contribution in [3.63, 3.8) is 0 Å². The fourth-order valence-electron chi connectivity index (χ4n) is 3.22. The van der Waals surface area contributed by atoms with Crippen molar-refractivity contribution in [2.24, 2.45) is 5.10 Å². The van der Waals surface area contributed by atoms with Crippen LogP contribution >= 0.6 is 35.0 Å². The van der Waals surface area contributed by atoms with Crippen molar-refractivity contribution in [3.05, 3.63) is 82.3 Å². The second-order valence-electron chi connectivity index (χ2n) is 7.29. The lowest BCUT2D eigenvalue weighted by Crippen LogP contribution is -2.20. The number of methoxy groups -OCH3 is 2. The van der Waals surface area contributed by atoms with Gasteiger partial charge in [0.1, 0.15) is 11.5 Å². The number of aromatic nitrogens is 3. The maximum Gasteiger partial charge on any atom is 0.250 e. The Kier molecular flexibility index (Phi) is 8.48. The number of hydrogen-bond donors (Lipinski definition) is 1. The summed E-state index contributed by atoms with van der Waals surface area (Å²) >= 11 is 13.5. The van der Waals surface area contributed by atoms with Gasteiger partial charge in [-0.05, 0) is 60.7 Å². The molecular weight excluding hydrogens is 521 g/mol. The Morgan fingerprint density at radius 1 is 0.972 bits per heavy atom. The van der Waals surface area contributed by atoms with Gasteiger partial charge in [0.2, 0.25) is 0 Å². The first-order valence-electron chi connectivity index (χ1n) is 10.6. The summed E-state index contributed by atoms with van der Waals surface area (Å²) in [5.41, 5.74) is 4.68. The molecule has 0 atom stereocenters. The molecule has 0 saturated heterocycles. The monoisotopic (exact) mass is 541 g/mol. The molecule has 3 aromatic carbocycles. The van der Waals surface area contributed by atoms with E-state index in [4.69, 9.17) is 32.7 Å². The SMILES string of the molecule is COc1ccc(-c2nnc(SCC(=O)N/N=C/c3c(Cl)cccc3Cl)n2-c2ccc(OC)cc2)cc1. The van der Waals surface area contributed by atoms with E-state index in [-0.39, 0.29) is 11.7 Å². The number of hydrogen-bond acceptors (Lipinski definition) is 7. The Labute approximate surface area is 222 Å². The minimum absolute atomic E-state index is 0.0600. The number of benzene rings is 3. The van der Waals surface area contributed by atoms with E-state index in [1.165, 1.54) is 18.0 Å². The molecule has 1 N–H and O–H groups in total. The van der Waals surface area contributed by atoms with Crippen LogP contribution in [0.4, 0.5) is 0 Å². The molecule has 1 heterocycles. The topological polar surface area (TPSA) is 90.6 Å². The van der Waals surface area contributed by atoms with Crippen molar-refractivity contribution in [2.45, 2.75) is 5.16 Å². The Hall–Kier alpha value is -3.53. The normalized spacial score (nSPS) is 11.0. The lowest BCUT2D eigenvalue weighted by molar-refractivity contribution is -0.118. The highest BCUT2D eigenvalue weighted by Crippen LogP contribution is 2.30. The highest BCUT2D eigenvalue weighted by molar-refractivity contribution is 7.99. The lowest BCUT2D eigenvalue weighted by atomic mass is 10.2. The van der Waals surface area contributed by atoms with E-state index in [1.54, 1.807) is 32.4 Å². The first kappa shape index (κ1) is 25.6. The Morgan fingerprint density at radius 2 is 1.58 bits per heavy atom. The van der Waals surface area contributed by atoms with Crippen LogP contribution in [-0.4, -0.2) is 46.9 Å². The molecule has 0 aliphatic heterocycles. The molecule has 0 saturated carbocycles. The number of rotatable bonds is 9. The summed E-state index contributed by atoms with van der Waals surface area (Å²) in [5.74, 6) is 1.82. The van der Waals surface area contributed by atoms with Gasteiger partial charge >= 0.3 is 0 Å². The maximum absolute atomic E-state index is 12.5. The molecule has 0 spiro atoms. The highest BCUT2D eigenvalue weighted by Gasteiger charge is 2.17. The third-order valence-corrected chi connectivity index (χ3v) is 6.62. The van der Waals surface area contributed by atoms with Crippen molar-refractivity contribution < 1.29 is 14.3 Å². The number of ether oxygens (including phenoxy) is 2. The summed E-state index contributed by atoms with van der Waals surface area (Å²) in [6.07, 6.45) is 1.41. The number of carbonyl (C=O) groups excluding carboxylic acids is 1. The Morgan fingerprint density at radius 3 is 2.19 bits per heavy atom. The van der Waals surface area contributed by atoms with E-state index in [1.807, 2.05) is 53.1 Å². The van der Waals surface area contributed by atoms with Gasteiger partial charge in [-0.1, -0.05) is 41.0 Å². The van der Waals surface area contributed by atoms with E-state index >= 15 is 0 Å². The average molecular weight is 542 g/mol. The van der Waals surface area contributed by atoms with Gasteiger partial charge in [0.15, 0.2) is 11.0 Å². The maximum atomic E-state index is 12.5. The zero-order valence-electron chi connectivity index (χ0n) is 19.3. The van der Waals surface area contributed by atoms with Crippen LogP contribution in [0.3, 0.4) is 0 Å².